The van der Waals surface area contributed by atoms with Crippen LogP contribution in [0.3, 0.4) is 0 Å². The second-order valence-electron chi connectivity index (χ2n) is 9.22. The number of hydrogen-bond donors (Lipinski definition) is 3. The van der Waals surface area contributed by atoms with Crippen LogP contribution in [0, 0.1) is 0 Å². The standard InChI is InChI=1S/C21H31N5O3S/c1-25-11-16-8-9-17(12-25)26(16)13-22-30(28,29)24-21(27)23-20-18-6-2-4-14(18)10-15-5-3-7-19(15)20/h10,16-17,22H,2-9,11-13H2,1H3,(H2,23,24,27). The summed E-state index contributed by atoms with van der Waals surface area (Å²) in [5.74, 6) is 0. The van der Waals surface area contributed by atoms with Crippen molar-refractivity contribution in [1.29, 1.82) is 0 Å². The first kappa shape index (κ1) is 20.2. The molecule has 30 heavy (non-hydrogen) atoms. The molecule has 9 heteroatoms. The van der Waals surface area contributed by atoms with Gasteiger partial charge in [-0.3, -0.25) is 4.90 Å². The third-order valence-electron chi connectivity index (χ3n) is 7.19. The monoisotopic (exact) mass is 433 g/mol. The average Bonchev–Trinajstić information content (AvgIpc) is 3.38. The molecule has 3 N–H and O–H groups in total. The van der Waals surface area contributed by atoms with Crippen molar-refractivity contribution in [3.63, 3.8) is 0 Å². The summed E-state index contributed by atoms with van der Waals surface area (Å²) in [6.45, 7) is 2.15. The van der Waals surface area contributed by atoms with Gasteiger partial charge in [0.2, 0.25) is 0 Å². The Kier molecular flexibility index (Phi) is 5.25. The number of amides is 2. The Morgan fingerprint density at radius 3 is 2.23 bits per heavy atom. The molecule has 5 rings (SSSR count). The summed E-state index contributed by atoms with van der Waals surface area (Å²) >= 11 is 0. The summed E-state index contributed by atoms with van der Waals surface area (Å²) in [5.41, 5.74) is 5.83. The number of nitrogens with zero attached hydrogens (tertiary/aromatic N) is 2. The largest absolute Gasteiger partial charge is 0.333 e. The molecule has 164 valence electrons. The highest BCUT2D eigenvalue weighted by Crippen LogP contribution is 2.38. The van der Waals surface area contributed by atoms with E-state index in [1.807, 2.05) is 0 Å². The van der Waals surface area contributed by atoms with Crippen LogP contribution in [0.5, 0.6) is 0 Å². The Morgan fingerprint density at radius 2 is 1.63 bits per heavy atom. The van der Waals surface area contributed by atoms with Crippen LogP contribution in [0.4, 0.5) is 10.5 Å². The first-order valence-corrected chi connectivity index (χ1v) is 12.6. The maximum absolute atomic E-state index is 12.6. The van der Waals surface area contributed by atoms with E-state index in [4.69, 9.17) is 0 Å². The molecule has 2 unspecified atom stereocenters. The molecule has 2 heterocycles. The van der Waals surface area contributed by atoms with E-state index in [0.717, 1.165) is 70.1 Å². The van der Waals surface area contributed by atoms with Crippen LogP contribution in [0.2, 0.25) is 0 Å². The highest BCUT2D eigenvalue weighted by Gasteiger charge is 2.39. The Balaban J connectivity index is 1.23. The molecule has 1 aromatic carbocycles. The van der Waals surface area contributed by atoms with E-state index in [9.17, 15) is 13.2 Å². The lowest BCUT2D eigenvalue weighted by molar-refractivity contribution is 0.0810. The number of urea groups is 1. The second kappa shape index (κ2) is 7.78. The van der Waals surface area contributed by atoms with Crippen molar-refractivity contribution >= 4 is 21.9 Å². The molecule has 4 aliphatic rings. The summed E-state index contributed by atoms with van der Waals surface area (Å²) in [6.07, 6.45) is 8.30. The van der Waals surface area contributed by atoms with Crippen molar-refractivity contribution in [3.8, 4) is 0 Å². The maximum Gasteiger partial charge on any atom is 0.333 e. The number of likely N-dealkylation sites (tertiary alicyclic amines) is 1. The van der Waals surface area contributed by atoms with Gasteiger partial charge < -0.3 is 10.2 Å². The minimum atomic E-state index is -3.93. The average molecular weight is 434 g/mol. The summed E-state index contributed by atoms with van der Waals surface area (Å²) in [4.78, 5) is 17.1. The molecule has 2 saturated heterocycles. The predicted molar refractivity (Wildman–Crippen MR) is 116 cm³/mol. The van der Waals surface area contributed by atoms with Gasteiger partial charge in [-0.25, -0.2) is 9.52 Å². The highest BCUT2D eigenvalue weighted by atomic mass is 32.2. The number of nitrogens with one attached hydrogen (secondary N) is 3. The zero-order valence-electron chi connectivity index (χ0n) is 17.5. The Labute approximate surface area is 178 Å². The van der Waals surface area contributed by atoms with Crippen molar-refractivity contribution in [2.75, 3.05) is 32.1 Å². The summed E-state index contributed by atoms with van der Waals surface area (Å²) in [7, 11) is -1.82. The molecule has 0 spiro atoms. The van der Waals surface area contributed by atoms with Crippen LogP contribution in [-0.4, -0.2) is 63.1 Å². The number of aryl methyl sites for hydroxylation is 2. The number of hydrogen-bond acceptors (Lipinski definition) is 5. The van der Waals surface area contributed by atoms with E-state index < -0.39 is 16.2 Å². The molecule has 2 amide bonds. The van der Waals surface area contributed by atoms with Gasteiger partial charge in [0.15, 0.2) is 0 Å². The summed E-state index contributed by atoms with van der Waals surface area (Å²) in [6, 6.07) is 2.36. The van der Waals surface area contributed by atoms with Gasteiger partial charge in [-0.05, 0) is 80.7 Å². The lowest BCUT2D eigenvalue weighted by atomic mass is 9.99. The molecule has 0 radical (unpaired) electrons. The maximum atomic E-state index is 12.6. The SMILES string of the molecule is CN1CC2CCC(C1)N2CNS(=O)(=O)NC(=O)Nc1c2c(cc3c1CCC3)CCC2. The van der Waals surface area contributed by atoms with E-state index in [1.165, 1.54) is 22.3 Å². The molecule has 2 aliphatic heterocycles. The number of benzene rings is 1. The lowest BCUT2D eigenvalue weighted by Gasteiger charge is -2.39. The Morgan fingerprint density at radius 1 is 1.03 bits per heavy atom. The number of likely N-dealkylation sites (N-methyl/N-ethyl adjacent to an activating group) is 1. The van der Waals surface area contributed by atoms with E-state index >= 15 is 0 Å². The molecular formula is C21H31N5O3S. The first-order chi connectivity index (χ1) is 14.4. The summed E-state index contributed by atoms with van der Waals surface area (Å²) < 4.78 is 29.8. The van der Waals surface area contributed by atoms with E-state index in [2.05, 4.69) is 37.7 Å². The van der Waals surface area contributed by atoms with Crippen molar-refractivity contribution < 1.29 is 13.2 Å². The van der Waals surface area contributed by atoms with Gasteiger partial charge in [0.05, 0.1) is 6.67 Å². The fourth-order valence-electron chi connectivity index (χ4n) is 5.88. The van der Waals surface area contributed by atoms with Gasteiger partial charge in [-0.2, -0.15) is 13.1 Å². The van der Waals surface area contributed by atoms with Gasteiger partial charge in [0.1, 0.15) is 0 Å². The third kappa shape index (κ3) is 3.84. The molecule has 2 fully saturated rings. The third-order valence-corrected chi connectivity index (χ3v) is 8.16. The second-order valence-corrected chi connectivity index (χ2v) is 10.7. The fraction of sp³-hybridized carbons (Fsp3) is 0.667. The Hall–Kier alpha value is -1.68. The number of carbonyl (C=O) groups excluding carboxylic acids is 1. The number of piperazine rings is 1. The summed E-state index contributed by atoms with van der Waals surface area (Å²) in [5, 5.41) is 2.88. The van der Waals surface area contributed by atoms with Crippen molar-refractivity contribution in [3.05, 3.63) is 28.3 Å². The lowest BCUT2D eigenvalue weighted by Crippen LogP contribution is -2.56. The molecule has 2 atom stereocenters. The Bertz CT molecular complexity index is 918. The van der Waals surface area contributed by atoms with Gasteiger partial charge >= 0.3 is 16.2 Å². The van der Waals surface area contributed by atoms with Crippen LogP contribution in [0.1, 0.15) is 47.9 Å². The topological polar surface area (TPSA) is 93.8 Å². The van der Waals surface area contributed by atoms with Crippen LogP contribution < -0.4 is 14.8 Å². The minimum Gasteiger partial charge on any atom is -0.307 e. The zero-order valence-corrected chi connectivity index (χ0v) is 18.4. The molecule has 8 nitrogen and oxygen atoms in total. The van der Waals surface area contributed by atoms with Crippen molar-refractivity contribution in [2.24, 2.45) is 0 Å². The smallest absolute Gasteiger partial charge is 0.307 e. The van der Waals surface area contributed by atoms with Crippen molar-refractivity contribution in [2.45, 2.75) is 63.5 Å². The van der Waals surface area contributed by atoms with Crippen molar-refractivity contribution in [1.82, 2.24) is 19.2 Å². The van der Waals surface area contributed by atoms with Crippen LogP contribution >= 0.6 is 0 Å². The van der Waals surface area contributed by atoms with E-state index in [-0.39, 0.29) is 6.67 Å². The highest BCUT2D eigenvalue weighted by molar-refractivity contribution is 7.88. The zero-order chi connectivity index (χ0) is 20.9. The number of anilines is 1. The van der Waals surface area contributed by atoms with Crippen LogP contribution in [-0.2, 0) is 35.9 Å². The first-order valence-electron chi connectivity index (χ1n) is 11.1. The molecule has 0 aromatic heterocycles. The number of fused-ring (bicyclic) bond motifs is 4. The minimum absolute atomic E-state index is 0.238. The quantitative estimate of drug-likeness (QED) is 0.652. The van der Waals surface area contributed by atoms with Gasteiger partial charge in [-0.15, -0.1) is 0 Å². The van der Waals surface area contributed by atoms with Crippen LogP contribution in [0.25, 0.3) is 0 Å². The normalized spacial score (nSPS) is 25.9. The molecule has 2 bridgehead atoms. The fourth-order valence-corrected chi connectivity index (χ4v) is 6.57. The molecule has 0 saturated carbocycles. The number of rotatable bonds is 5. The number of carbonyl (C=O) groups is 1. The molecular weight excluding hydrogens is 402 g/mol. The van der Waals surface area contributed by atoms with Crippen LogP contribution in [0.15, 0.2) is 6.07 Å². The van der Waals surface area contributed by atoms with Gasteiger partial charge in [0.25, 0.3) is 0 Å². The van der Waals surface area contributed by atoms with Gasteiger partial charge in [-0.1, -0.05) is 6.07 Å². The van der Waals surface area contributed by atoms with E-state index in [1.54, 1.807) is 0 Å². The molecule has 1 aromatic rings. The van der Waals surface area contributed by atoms with Gasteiger partial charge in [0, 0.05) is 30.9 Å². The van der Waals surface area contributed by atoms with E-state index in [0.29, 0.717) is 12.1 Å². The molecule has 2 aliphatic carbocycles. The predicted octanol–water partition coefficient (Wildman–Crippen LogP) is 1.36.